The van der Waals surface area contributed by atoms with Gasteiger partial charge in [-0.25, -0.2) is 4.40 Å². The molecular weight excluding hydrogens is 456 g/mol. The van der Waals surface area contributed by atoms with Gasteiger partial charge >= 0.3 is 0 Å². The summed E-state index contributed by atoms with van der Waals surface area (Å²) in [4.78, 5) is 33.6. The zero-order valence-corrected chi connectivity index (χ0v) is 22.0. The summed E-state index contributed by atoms with van der Waals surface area (Å²) in [6.45, 7) is 6.30. The van der Waals surface area contributed by atoms with Crippen LogP contribution in [0.4, 0.5) is 0 Å². The van der Waals surface area contributed by atoms with Gasteiger partial charge in [-0.15, -0.1) is 0 Å². The second kappa shape index (κ2) is 9.34. The maximum Gasteiger partial charge on any atom is 0.233 e. The average Bonchev–Trinajstić information content (AvgIpc) is 3.66. The third kappa shape index (κ3) is 3.98. The van der Waals surface area contributed by atoms with Gasteiger partial charge in [-0.2, -0.15) is 0 Å². The summed E-state index contributed by atoms with van der Waals surface area (Å²) in [7, 11) is 0. The number of nitrogens with zero attached hydrogens (tertiary/aromatic N) is 4. The molecule has 7 heteroatoms. The van der Waals surface area contributed by atoms with Crippen LogP contribution in [0.5, 0.6) is 0 Å². The van der Waals surface area contributed by atoms with E-state index < -0.39 is 0 Å². The van der Waals surface area contributed by atoms with E-state index >= 15 is 0 Å². The number of carbonyl (C=O) groups excluding carboxylic acids is 2. The van der Waals surface area contributed by atoms with Crippen LogP contribution in [0.15, 0.2) is 4.40 Å². The van der Waals surface area contributed by atoms with Gasteiger partial charge in [0, 0.05) is 50.4 Å². The number of imide groups is 1. The van der Waals surface area contributed by atoms with E-state index in [4.69, 9.17) is 4.40 Å². The van der Waals surface area contributed by atoms with Gasteiger partial charge in [0.2, 0.25) is 11.8 Å². The van der Waals surface area contributed by atoms with Crippen LogP contribution in [0.1, 0.15) is 70.6 Å². The van der Waals surface area contributed by atoms with Gasteiger partial charge in [-0.05, 0) is 80.6 Å². The molecule has 4 saturated carbocycles. The quantitative estimate of drug-likeness (QED) is 0.432. The van der Waals surface area contributed by atoms with E-state index in [-0.39, 0.29) is 23.7 Å². The first-order valence-corrected chi connectivity index (χ1v) is 15.6. The molecule has 6 nitrogen and oxygen atoms in total. The molecule has 35 heavy (non-hydrogen) atoms. The van der Waals surface area contributed by atoms with Crippen LogP contribution < -0.4 is 0 Å². The molecule has 2 bridgehead atoms. The molecule has 0 aromatic carbocycles. The largest absolute Gasteiger partial charge is 0.357 e. The summed E-state index contributed by atoms with van der Waals surface area (Å²) >= 11 is 1.86. The number of amidine groups is 1. The fraction of sp³-hybridized carbons (Fsp3) is 0.893. The lowest BCUT2D eigenvalue weighted by molar-refractivity contribution is -0.142. The fourth-order valence-corrected chi connectivity index (χ4v) is 10.3. The molecule has 8 atom stereocenters. The maximum atomic E-state index is 13.3. The molecular formula is C28H42N4O2S. The number of fused-ring (bicyclic) bond motifs is 6. The second-order valence-electron chi connectivity index (χ2n) is 12.7. The van der Waals surface area contributed by atoms with E-state index in [1.807, 2.05) is 11.9 Å². The van der Waals surface area contributed by atoms with E-state index in [1.54, 1.807) is 4.90 Å². The van der Waals surface area contributed by atoms with Crippen LogP contribution in [0.2, 0.25) is 0 Å². The molecule has 0 aromatic heterocycles. The molecule has 3 heterocycles. The Morgan fingerprint density at radius 3 is 2.09 bits per heavy atom. The summed E-state index contributed by atoms with van der Waals surface area (Å²) < 4.78 is 4.94. The predicted octanol–water partition coefficient (Wildman–Crippen LogP) is 4.06. The standard InChI is InChI=1S/C28H42N4O2S/c33-27-24-18-9-10-19(15-18)25(24)28(34)32(27)17-21-6-2-1-5-20(21)16-30-11-13-31(14-12-30)26-22-7-3-4-8-23(22)35-29-26/h18-25H,1-17H2/t18-,19+,20-,21-,22?,23?,24-,25+/m0/s1. The number of hydrogen-bond acceptors (Lipinski definition) is 6. The van der Waals surface area contributed by atoms with Crippen LogP contribution in [0.25, 0.3) is 0 Å². The molecule has 7 rings (SSSR count). The lowest BCUT2D eigenvalue weighted by Crippen LogP contribution is -2.52. The summed E-state index contributed by atoms with van der Waals surface area (Å²) in [5.41, 5.74) is 0. The second-order valence-corrected chi connectivity index (χ2v) is 13.7. The monoisotopic (exact) mass is 498 g/mol. The first-order valence-electron chi connectivity index (χ1n) is 14.7. The van der Waals surface area contributed by atoms with Crippen LogP contribution in [-0.2, 0) is 9.59 Å². The fourth-order valence-electron chi connectivity index (χ4n) is 9.14. The Bertz CT molecular complexity index is 858. The normalized spacial score (nSPS) is 43.6. The minimum Gasteiger partial charge on any atom is -0.357 e. The third-order valence-corrected chi connectivity index (χ3v) is 12.1. The van der Waals surface area contributed by atoms with Crippen LogP contribution in [0, 0.1) is 41.4 Å². The molecule has 0 radical (unpaired) electrons. The Balaban J connectivity index is 0.954. The number of rotatable bonds is 4. The lowest BCUT2D eigenvalue weighted by atomic mass is 9.78. The highest BCUT2D eigenvalue weighted by Crippen LogP contribution is 2.56. The Labute approximate surface area is 214 Å². The molecule has 2 saturated heterocycles. The molecule has 2 amide bonds. The smallest absolute Gasteiger partial charge is 0.233 e. The highest BCUT2D eigenvalue weighted by molar-refractivity contribution is 7.99. The first kappa shape index (κ1) is 23.1. The van der Waals surface area contributed by atoms with Crippen molar-refractivity contribution in [3.63, 3.8) is 0 Å². The zero-order chi connectivity index (χ0) is 23.5. The summed E-state index contributed by atoms with van der Waals surface area (Å²) in [5, 5.41) is 0.741. The van der Waals surface area contributed by atoms with Crippen molar-refractivity contribution in [1.29, 1.82) is 0 Å². The van der Waals surface area contributed by atoms with Gasteiger partial charge in [-0.1, -0.05) is 25.7 Å². The minimum absolute atomic E-state index is 0.0387. The summed E-state index contributed by atoms with van der Waals surface area (Å²) in [6, 6.07) is 0. The number of amides is 2. The van der Waals surface area contributed by atoms with Crippen molar-refractivity contribution in [1.82, 2.24) is 14.7 Å². The molecule has 6 fully saturated rings. The Hall–Kier alpha value is -1.08. The minimum atomic E-state index is 0.0387. The van der Waals surface area contributed by atoms with Crippen LogP contribution in [-0.4, -0.2) is 76.9 Å². The molecule has 192 valence electrons. The highest BCUT2D eigenvalue weighted by Gasteiger charge is 2.61. The van der Waals surface area contributed by atoms with Crippen LogP contribution >= 0.6 is 11.9 Å². The van der Waals surface area contributed by atoms with Crippen LogP contribution in [0.3, 0.4) is 0 Å². The molecule has 3 aliphatic heterocycles. The Kier molecular flexibility index (Phi) is 6.16. The molecule has 0 aromatic rings. The Morgan fingerprint density at radius 1 is 0.743 bits per heavy atom. The highest BCUT2D eigenvalue weighted by atomic mass is 32.2. The van der Waals surface area contributed by atoms with Crippen molar-refractivity contribution in [2.75, 3.05) is 39.3 Å². The Morgan fingerprint density at radius 2 is 1.37 bits per heavy atom. The van der Waals surface area contributed by atoms with Crippen molar-refractivity contribution >= 4 is 29.6 Å². The molecule has 0 N–H and O–H groups in total. The number of hydrogen-bond donors (Lipinski definition) is 0. The van der Waals surface area contributed by atoms with Gasteiger partial charge in [-0.3, -0.25) is 19.4 Å². The van der Waals surface area contributed by atoms with E-state index in [1.165, 1.54) is 70.0 Å². The molecule has 0 spiro atoms. The number of likely N-dealkylation sites (tertiary alicyclic amines) is 1. The summed E-state index contributed by atoms with van der Waals surface area (Å²) in [6.07, 6.45) is 13.9. The van der Waals surface area contributed by atoms with Crippen molar-refractivity contribution in [3.05, 3.63) is 0 Å². The van der Waals surface area contributed by atoms with E-state index in [2.05, 4.69) is 9.80 Å². The number of carbonyl (C=O) groups is 2. The van der Waals surface area contributed by atoms with Gasteiger partial charge in [0.15, 0.2) is 0 Å². The van der Waals surface area contributed by atoms with Crippen molar-refractivity contribution in [3.8, 4) is 0 Å². The first-order chi connectivity index (χ1) is 17.2. The maximum absolute atomic E-state index is 13.3. The van der Waals surface area contributed by atoms with E-state index in [9.17, 15) is 9.59 Å². The van der Waals surface area contributed by atoms with Crippen molar-refractivity contribution < 1.29 is 9.59 Å². The SMILES string of the molecule is O=C1[C@@H]2[C@@H]3CC[C@@H](C3)[C@@H]2C(=O)N1C[C@@H]1CCCC[C@H]1CN1CCN(C2=NSC3CCCCC23)CC1. The topological polar surface area (TPSA) is 56.2 Å². The van der Waals surface area contributed by atoms with Gasteiger partial charge in [0.05, 0.1) is 11.8 Å². The molecule has 4 aliphatic carbocycles. The van der Waals surface area contributed by atoms with Crippen molar-refractivity contribution in [2.45, 2.75) is 75.9 Å². The van der Waals surface area contributed by atoms with Gasteiger partial charge < -0.3 is 4.90 Å². The zero-order valence-electron chi connectivity index (χ0n) is 21.2. The van der Waals surface area contributed by atoms with Gasteiger partial charge in [0.25, 0.3) is 0 Å². The third-order valence-electron chi connectivity index (χ3n) is 11.0. The average molecular weight is 499 g/mol. The van der Waals surface area contributed by atoms with Gasteiger partial charge in [0.1, 0.15) is 5.84 Å². The summed E-state index contributed by atoms with van der Waals surface area (Å²) in [5.74, 6) is 4.68. The molecule has 7 aliphatic rings. The van der Waals surface area contributed by atoms with E-state index in [0.717, 1.165) is 44.4 Å². The van der Waals surface area contributed by atoms with Crippen molar-refractivity contribution in [2.24, 2.45) is 45.8 Å². The van der Waals surface area contributed by atoms with E-state index in [0.29, 0.717) is 36.1 Å². The predicted molar refractivity (Wildman–Crippen MR) is 139 cm³/mol. The lowest BCUT2D eigenvalue weighted by Gasteiger charge is -2.42. The molecule has 2 unspecified atom stereocenters. The number of piperazine rings is 1.